The molecule has 1 aromatic carbocycles. The molecule has 0 spiro atoms. The highest BCUT2D eigenvalue weighted by Crippen LogP contribution is 2.11. The SMILES string of the molecule is C[Si](C)(C)c1cc(F)c([Si](C)(C)C)c(F)c1. The maximum absolute atomic E-state index is 14.0. The molecule has 0 fully saturated rings. The molecule has 0 unspecified atom stereocenters. The van der Waals surface area contributed by atoms with E-state index in [1.165, 1.54) is 0 Å². The Bertz CT molecular complexity index is 377. The van der Waals surface area contributed by atoms with E-state index >= 15 is 0 Å². The van der Waals surface area contributed by atoms with Crippen LogP contribution in [0.1, 0.15) is 0 Å². The Morgan fingerprint density at radius 3 is 1.38 bits per heavy atom. The van der Waals surface area contributed by atoms with Gasteiger partial charge in [-0.2, -0.15) is 0 Å². The van der Waals surface area contributed by atoms with Gasteiger partial charge >= 0.3 is 0 Å². The second-order valence-electron chi connectivity index (χ2n) is 6.31. The van der Waals surface area contributed by atoms with Crippen molar-refractivity contribution in [2.24, 2.45) is 0 Å². The molecule has 0 radical (unpaired) electrons. The van der Waals surface area contributed by atoms with E-state index in [4.69, 9.17) is 0 Å². The van der Waals surface area contributed by atoms with Gasteiger partial charge < -0.3 is 0 Å². The first kappa shape index (κ1) is 13.6. The minimum atomic E-state index is -1.94. The standard InChI is InChI=1S/C12H20F2Si2/c1-15(2,3)9-7-10(13)12(11(14)8-9)16(4,5)6/h7-8H,1-6H3. The molecule has 0 atom stereocenters. The molecular weight excluding hydrogens is 238 g/mol. The lowest BCUT2D eigenvalue weighted by Crippen LogP contribution is -2.46. The summed E-state index contributed by atoms with van der Waals surface area (Å²) in [5, 5.41) is 1.18. The summed E-state index contributed by atoms with van der Waals surface area (Å²) in [5.41, 5.74) is 0. The van der Waals surface area contributed by atoms with Crippen molar-refractivity contribution in [2.75, 3.05) is 0 Å². The van der Waals surface area contributed by atoms with Crippen molar-refractivity contribution < 1.29 is 8.78 Å². The van der Waals surface area contributed by atoms with Crippen molar-refractivity contribution in [3.05, 3.63) is 23.8 Å². The summed E-state index contributed by atoms with van der Waals surface area (Å²) in [7, 11) is -3.58. The molecule has 0 aliphatic heterocycles. The normalized spacial score (nSPS) is 13.0. The molecule has 1 aromatic rings. The van der Waals surface area contributed by atoms with E-state index in [1.807, 2.05) is 19.6 Å². The molecule has 0 saturated heterocycles. The highest BCUT2D eigenvalue weighted by molar-refractivity contribution is 6.90. The lowest BCUT2D eigenvalue weighted by Gasteiger charge is -2.22. The lowest BCUT2D eigenvalue weighted by atomic mass is 10.3. The van der Waals surface area contributed by atoms with E-state index in [0.717, 1.165) is 5.19 Å². The molecule has 0 amide bonds. The largest absolute Gasteiger partial charge is 0.207 e. The second kappa shape index (κ2) is 4.07. The van der Waals surface area contributed by atoms with Crippen LogP contribution < -0.4 is 10.4 Å². The van der Waals surface area contributed by atoms with E-state index in [9.17, 15) is 8.78 Å². The smallest absolute Gasteiger partial charge is 0.125 e. The fourth-order valence-electron chi connectivity index (χ4n) is 1.72. The summed E-state index contributed by atoms with van der Waals surface area (Å²) >= 11 is 0. The van der Waals surface area contributed by atoms with Gasteiger partial charge in [0.05, 0.1) is 16.1 Å². The summed E-state index contributed by atoms with van der Waals surface area (Å²) in [5.74, 6) is -0.701. The molecule has 0 aliphatic rings. The second-order valence-corrected chi connectivity index (χ2v) is 16.4. The zero-order valence-electron chi connectivity index (χ0n) is 10.9. The third kappa shape index (κ3) is 2.80. The summed E-state index contributed by atoms with van der Waals surface area (Å²) in [4.78, 5) is 0. The van der Waals surface area contributed by atoms with Crippen LogP contribution in [0.25, 0.3) is 0 Å². The van der Waals surface area contributed by atoms with Crippen LogP contribution in [-0.4, -0.2) is 16.1 Å². The highest BCUT2D eigenvalue weighted by atomic mass is 28.3. The van der Waals surface area contributed by atoms with Gasteiger partial charge in [0.15, 0.2) is 0 Å². The van der Waals surface area contributed by atoms with Crippen molar-refractivity contribution in [1.82, 2.24) is 0 Å². The monoisotopic (exact) mass is 258 g/mol. The third-order valence-corrected chi connectivity index (χ3v) is 6.66. The van der Waals surface area contributed by atoms with Gasteiger partial charge in [0.1, 0.15) is 11.6 Å². The van der Waals surface area contributed by atoms with Gasteiger partial charge in [0.2, 0.25) is 0 Å². The zero-order valence-corrected chi connectivity index (χ0v) is 12.9. The topological polar surface area (TPSA) is 0 Å². The average Bonchev–Trinajstić information content (AvgIpc) is 1.97. The minimum absolute atomic E-state index is 0.328. The van der Waals surface area contributed by atoms with Crippen LogP contribution in [0.2, 0.25) is 39.3 Å². The van der Waals surface area contributed by atoms with E-state index < -0.39 is 16.1 Å². The van der Waals surface area contributed by atoms with Gasteiger partial charge in [-0.1, -0.05) is 44.5 Å². The molecule has 0 aromatic heterocycles. The predicted molar refractivity (Wildman–Crippen MR) is 72.3 cm³/mol. The molecule has 1 rings (SSSR count). The Morgan fingerprint density at radius 1 is 0.750 bits per heavy atom. The molecule has 0 N–H and O–H groups in total. The third-order valence-electron chi connectivity index (χ3n) is 2.66. The van der Waals surface area contributed by atoms with Crippen molar-refractivity contribution in [2.45, 2.75) is 39.3 Å². The number of rotatable bonds is 2. The van der Waals surface area contributed by atoms with Crippen molar-refractivity contribution in [1.29, 1.82) is 0 Å². The first-order chi connectivity index (χ1) is 7.03. The van der Waals surface area contributed by atoms with Crippen LogP contribution in [0, 0.1) is 11.6 Å². The maximum Gasteiger partial charge on any atom is 0.125 e. The Balaban J connectivity index is 3.41. The lowest BCUT2D eigenvalue weighted by molar-refractivity contribution is 0.598. The predicted octanol–water partition coefficient (Wildman–Crippen LogP) is 3.06. The Hall–Kier alpha value is -0.486. The summed E-state index contributed by atoms with van der Waals surface area (Å²) in [6.45, 7) is 12.2. The van der Waals surface area contributed by atoms with E-state index in [1.54, 1.807) is 12.1 Å². The Labute approximate surface area is 98.7 Å². The first-order valence-electron chi connectivity index (χ1n) is 5.53. The molecule has 4 heteroatoms. The van der Waals surface area contributed by atoms with E-state index in [0.29, 0.717) is 5.19 Å². The van der Waals surface area contributed by atoms with Crippen LogP contribution in [0.4, 0.5) is 8.78 Å². The number of hydrogen-bond donors (Lipinski definition) is 0. The van der Waals surface area contributed by atoms with Crippen molar-refractivity contribution >= 4 is 26.5 Å². The number of hydrogen-bond acceptors (Lipinski definition) is 0. The van der Waals surface area contributed by atoms with Gasteiger partial charge in [-0.15, -0.1) is 0 Å². The first-order valence-corrected chi connectivity index (χ1v) is 12.5. The van der Waals surface area contributed by atoms with Gasteiger partial charge in [-0.3, -0.25) is 0 Å². The summed E-state index contributed by atoms with van der Waals surface area (Å²) in [6, 6.07) is 3.09. The van der Waals surface area contributed by atoms with Gasteiger partial charge in [0.25, 0.3) is 0 Å². The quantitative estimate of drug-likeness (QED) is 0.715. The zero-order chi connectivity index (χ0) is 12.7. The molecule has 0 saturated carbocycles. The molecule has 0 bridgehead atoms. The fraction of sp³-hybridized carbons (Fsp3) is 0.500. The summed E-state index contributed by atoms with van der Waals surface area (Å²) < 4.78 is 27.9. The molecular formula is C12H20F2Si2. The van der Waals surface area contributed by atoms with E-state index in [-0.39, 0.29) is 11.6 Å². The molecule has 0 nitrogen and oxygen atoms in total. The fourth-order valence-corrected chi connectivity index (χ4v) is 4.42. The van der Waals surface area contributed by atoms with Crippen molar-refractivity contribution in [3.63, 3.8) is 0 Å². The van der Waals surface area contributed by atoms with Crippen LogP contribution in [0.3, 0.4) is 0 Å². The van der Waals surface area contributed by atoms with Gasteiger partial charge in [-0.25, -0.2) is 8.78 Å². The number of halogens is 2. The number of benzene rings is 1. The highest BCUT2D eigenvalue weighted by Gasteiger charge is 2.28. The molecule has 0 heterocycles. The molecule has 0 aliphatic carbocycles. The van der Waals surface area contributed by atoms with Gasteiger partial charge in [-0.05, 0) is 12.1 Å². The minimum Gasteiger partial charge on any atom is -0.207 e. The van der Waals surface area contributed by atoms with Crippen LogP contribution >= 0.6 is 0 Å². The average molecular weight is 258 g/mol. The van der Waals surface area contributed by atoms with Crippen LogP contribution in [0.5, 0.6) is 0 Å². The van der Waals surface area contributed by atoms with Gasteiger partial charge in [0, 0.05) is 5.19 Å². The van der Waals surface area contributed by atoms with Crippen LogP contribution in [0.15, 0.2) is 12.1 Å². The summed E-state index contributed by atoms with van der Waals surface area (Å²) in [6.07, 6.45) is 0. The maximum atomic E-state index is 14.0. The molecule has 16 heavy (non-hydrogen) atoms. The van der Waals surface area contributed by atoms with Crippen molar-refractivity contribution in [3.8, 4) is 0 Å². The Kier molecular flexibility index (Phi) is 3.46. The van der Waals surface area contributed by atoms with Crippen LogP contribution in [-0.2, 0) is 0 Å². The van der Waals surface area contributed by atoms with E-state index in [2.05, 4.69) is 19.6 Å². The molecule has 90 valence electrons. The Morgan fingerprint density at radius 2 is 1.12 bits per heavy atom.